The van der Waals surface area contributed by atoms with Gasteiger partial charge in [-0.15, -0.1) is 0 Å². The predicted octanol–water partition coefficient (Wildman–Crippen LogP) is 9.75. The van der Waals surface area contributed by atoms with E-state index in [0.29, 0.717) is 39.4 Å². The molecule has 14 nitrogen and oxygen atoms in total. The molecule has 0 radical (unpaired) electrons. The third-order valence-corrected chi connectivity index (χ3v) is 23.4. The van der Waals surface area contributed by atoms with Gasteiger partial charge in [-0.1, -0.05) is 108 Å². The normalized spacial score (nSPS) is 12.7. The van der Waals surface area contributed by atoms with Gasteiger partial charge in [0.05, 0.1) is 26.3 Å². The summed E-state index contributed by atoms with van der Waals surface area (Å²) in [5.74, 6) is -0.478. The molecule has 0 saturated carbocycles. The Hall–Kier alpha value is -5.23. The summed E-state index contributed by atoms with van der Waals surface area (Å²) in [4.78, 5) is 74.3. The van der Waals surface area contributed by atoms with Crippen LogP contribution in [-0.4, -0.2) is 131 Å². The van der Waals surface area contributed by atoms with Gasteiger partial charge in [0.15, 0.2) is 16.6 Å². The number of rotatable bonds is 22. The molecule has 1 aliphatic rings. The molecule has 16 heteroatoms. The van der Waals surface area contributed by atoms with Crippen molar-refractivity contribution in [2.24, 2.45) is 0 Å². The van der Waals surface area contributed by atoms with E-state index in [1.165, 1.54) is 16.1 Å². The molecule has 3 aromatic carbocycles. The average Bonchev–Trinajstić information content (AvgIpc) is 3.80. The van der Waals surface area contributed by atoms with Crippen LogP contribution in [0.25, 0.3) is 22.0 Å². The zero-order chi connectivity index (χ0) is 51.3. The lowest BCUT2D eigenvalue weighted by Crippen LogP contribution is -2.48. The highest BCUT2D eigenvalue weighted by Gasteiger charge is 2.38. The fourth-order valence-electron chi connectivity index (χ4n) is 7.87. The van der Waals surface area contributed by atoms with Crippen molar-refractivity contribution in [2.45, 2.75) is 123 Å². The van der Waals surface area contributed by atoms with Crippen LogP contribution >= 0.6 is 0 Å². The molecule has 0 fully saturated rings. The van der Waals surface area contributed by atoms with Crippen molar-refractivity contribution in [1.82, 2.24) is 24.4 Å². The van der Waals surface area contributed by atoms with E-state index in [9.17, 15) is 19.2 Å². The Balaban J connectivity index is 0.00000336. The van der Waals surface area contributed by atoms with E-state index in [4.69, 9.17) is 23.2 Å². The van der Waals surface area contributed by atoms with Crippen molar-refractivity contribution < 1.29 is 42.4 Å². The van der Waals surface area contributed by atoms with Crippen molar-refractivity contribution >= 4 is 57.4 Å². The summed E-state index contributed by atoms with van der Waals surface area (Å²) in [6.07, 6.45) is 0.0708. The van der Waals surface area contributed by atoms with Gasteiger partial charge < -0.3 is 28.0 Å². The quantitative estimate of drug-likeness (QED) is 0.0551. The molecule has 0 aliphatic heterocycles. The molecule has 0 spiro atoms. The molecule has 376 valence electrons. The molecule has 1 aliphatic carbocycles. The first-order chi connectivity index (χ1) is 32.4. The van der Waals surface area contributed by atoms with Crippen molar-refractivity contribution in [3.63, 3.8) is 0 Å². The van der Waals surface area contributed by atoms with E-state index in [1.807, 2.05) is 67.5 Å². The fraction of sp³-hybridized carbons (Fsp3) is 0.528. The molecule has 0 saturated heterocycles. The van der Waals surface area contributed by atoms with Gasteiger partial charge in [-0.05, 0) is 83.0 Å². The highest BCUT2D eigenvalue weighted by Crippen LogP contribution is 2.44. The number of carbonyl (C=O) groups excluding carboxylic acids is 6. The minimum absolute atomic E-state index is 0.000230. The number of hydrazine groups is 1. The van der Waals surface area contributed by atoms with E-state index in [-0.39, 0.29) is 78.7 Å². The molecule has 0 unspecified atom stereocenters. The Bertz CT molecular complexity index is 2370. The van der Waals surface area contributed by atoms with Gasteiger partial charge in [0.25, 0.3) is 0 Å². The number of amides is 3. The maximum atomic E-state index is 13.9. The number of nitrogens with zero attached hydrogens (tertiary/aromatic N) is 5. The van der Waals surface area contributed by atoms with Crippen LogP contribution in [0.15, 0.2) is 78.9 Å². The van der Waals surface area contributed by atoms with Gasteiger partial charge in [0.2, 0.25) is 11.8 Å². The summed E-state index contributed by atoms with van der Waals surface area (Å²) < 4.78 is 20.9. The molecule has 5 rings (SSSR count). The van der Waals surface area contributed by atoms with Crippen molar-refractivity contribution in [3.8, 4) is 11.1 Å². The number of hydrogen-bond donors (Lipinski definition) is 0. The lowest BCUT2D eigenvalue weighted by atomic mass is 9.98. The third-order valence-electron chi connectivity index (χ3n) is 14.3. The molecular weight excluding hydrogens is 907 g/mol. The number of Topliss-reactive ketones (excluding diaryl/α,β-unsaturated/α-hetero) is 1. The van der Waals surface area contributed by atoms with Crippen LogP contribution in [0.2, 0.25) is 36.3 Å². The Morgan fingerprint density at radius 1 is 0.696 bits per heavy atom. The smallest absolute Gasteiger partial charge is 0.424 e. The molecule has 1 aromatic heterocycles. The Labute approximate surface area is 412 Å². The Morgan fingerprint density at radius 2 is 1.20 bits per heavy atom. The first-order valence-corrected chi connectivity index (χ1v) is 29.9. The SMILES string of the molecule is CCN(CCO[Si](C)(C)C(C)(C)C)C(=O)CN(CCO[Si](C)(C)C(C)(C)C)C(=O)CCC(=O)CCn1c(CN(C)N(C)C(=O)OCC2c3ccccc3-c3ccccc32)cc2ccccc21.O=C=O. The van der Waals surface area contributed by atoms with Gasteiger partial charge in [-0.3, -0.25) is 14.4 Å². The number of aryl methyl sites for hydroxylation is 1. The van der Waals surface area contributed by atoms with Crippen LogP contribution in [0.4, 0.5) is 4.79 Å². The minimum atomic E-state index is -2.11. The highest BCUT2D eigenvalue weighted by atomic mass is 28.4. The first-order valence-electron chi connectivity index (χ1n) is 24.1. The zero-order valence-corrected chi connectivity index (χ0v) is 45.5. The van der Waals surface area contributed by atoms with Gasteiger partial charge in [0.1, 0.15) is 12.4 Å². The molecular formula is C53H77N5O9Si2. The van der Waals surface area contributed by atoms with Crippen molar-refractivity contribution in [1.29, 1.82) is 0 Å². The number of aromatic nitrogens is 1. The maximum Gasteiger partial charge on any atom is 0.424 e. The number of para-hydroxylation sites is 1. The Kier molecular flexibility index (Phi) is 20.1. The largest absolute Gasteiger partial charge is 0.447 e. The Morgan fingerprint density at radius 3 is 1.74 bits per heavy atom. The number of ketones is 1. The second kappa shape index (κ2) is 24.6. The predicted molar refractivity (Wildman–Crippen MR) is 275 cm³/mol. The van der Waals surface area contributed by atoms with Crippen LogP contribution < -0.4 is 0 Å². The van der Waals surface area contributed by atoms with E-state index in [0.717, 1.165) is 27.7 Å². The minimum Gasteiger partial charge on any atom is -0.447 e. The lowest BCUT2D eigenvalue weighted by Gasteiger charge is -2.37. The number of carbonyl (C=O) groups is 4. The van der Waals surface area contributed by atoms with Crippen molar-refractivity contribution in [2.75, 3.05) is 60.1 Å². The van der Waals surface area contributed by atoms with Gasteiger partial charge in [-0.2, -0.15) is 9.59 Å². The molecule has 0 bridgehead atoms. The summed E-state index contributed by atoms with van der Waals surface area (Å²) in [6.45, 7) is 26.7. The van der Waals surface area contributed by atoms with Crippen LogP contribution in [0.3, 0.4) is 0 Å². The van der Waals surface area contributed by atoms with Crippen LogP contribution in [-0.2, 0) is 50.7 Å². The number of likely N-dealkylation sites (N-methyl/N-ethyl adjacent to an activating group) is 1. The van der Waals surface area contributed by atoms with Crippen molar-refractivity contribution in [3.05, 3.63) is 95.7 Å². The van der Waals surface area contributed by atoms with E-state index in [1.54, 1.807) is 16.8 Å². The summed E-state index contributed by atoms with van der Waals surface area (Å²) in [6, 6.07) is 26.7. The van der Waals surface area contributed by atoms with E-state index >= 15 is 0 Å². The molecule has 1 heterocycles. The summed E-state index contributed by atoms with van der Waals surface area (Å²) >= 11 is 0. The second-order valence-electron chi connectivity index (χ2n) is 20.9. The number of benzene rings is 3. The standard InChI is InChI=1S/C52H77N5O7Si2.CO2/c1-14-55(31-33-63-65(10,11)51(2,3)4)49(60)37-56(32-34-64-66(12,13)52(5,6)7)48(59)28-27-41(58)29-30-57-40(35-39-21-15-20-26-47(39)57)36-53(8)54(9)50(61)62-38-46-44-24-18-16-22-42(44)43-23-17-19-25-45(43)46;2-1-3/h15-26,35,46H,14,27-34,36-38H2,1-13H3;. The summed E-state index contributed by atoms with van der Waals surface area (Å²) in [5, 5.41) is 4.38. The van der Waals surface area contributed by atoms with Gasteiger partial charge in [-0.25, -0.2) is 14.8 Å². The maximum absolute atomic E-state index is 13.9. The van der Waals surface area contributed by atoms with Crippen LogP contribution in [0, 0.1) is 0 Å². The molecule has 0 N–H and O–H groups in total. The van der Waals surface area contributed by atoms with E-state index in [2.05, 4.69) is 103 Å². The average molecular weight is 984 g/mol. The third kappa shape index (κ3) is 14.9. The molecule has 0 atom stereocenters. The topological polar surface area (TPSA) is 148 Å². The fourth-order valence-corrected chi connectivity index (χ4v) is 9.93. The number of hydrogen-bond acceptors (Lipinski definition) is 10. The van der Waals surface area contributed by atoms with Crippen LogP contribution in [0.5, 0.6) is 0 Å². The van der Waals surface area contributed by atoms with Gasteiger partial charge >= 0.3 is 12.2 Å². The van der Waals surface area contributed by atoms with Gasteiger partial charge in [0, 0.05) is 76.7 Å². The van der Waals surface area contributed by atoms with E-state index < -0.39 is 22.7 Å². The second-order valence-corrected chi connectivity index (χ2v) is 30.5. The lowest BCUT2D eigenvalue weighted by molar-refractivity contribution is -0.191. The monoisotopic (exact) mass is 984 g/mol. The molecule has 4 aromatic rings. The number of fused-ring (bicyclic) bond motifs is 4. The first kappa shape index (κ1) is 56.4. The highest BCUT2D eigenvalue weighted by molar-refractivity contribution is 6.74. The molecule has 3 amide bonds. The van der Waals surface area contributed by atoms with Crippen LogP contribution in [0.1, 0.15) is 90.5 Å². The summed E-state index contributed by atoms with van der Waals surface area (Å²) in [5.41, 5.74) is 6.57. The summed E-state index contributed by atoms with van der Waals surface area (Å²) in [7, 11) is -0.555. The zero-order valence-electron chi connectivity index (χ0n) is 43.5. The number of ether oxygens (including phenoxy) is 1. The molecule has 69 heavy (non-hydrogen) atoms.